The number of nitrogens with two attached hydrogens (primary N) is 1. The van der Waals surface area contributed by atoms with Gasteiger partial charge in [-0.3, -0.25) is 4.90 Å². The fourth-order valence-electron chi connectivity index (χ4n) is 4.28. The molecule has 0 bridgehead atoms. The van der Waals surface area contributed by atoms with Crippen LogP contribution >= 0.6 is 0 Å². The molecular weight excluding hydrogens is 374 g/mol. The molecule has 0 amide bonds. The summed E-state index contributed by atoms with van der Waals surface area (Å²) in [4.78, 5) is 2.24. The lowest BCUT2D eigenvalue weighted by Gasteiger charge is -2.38. The van der Waals surface area contributed by atoms with E-state index >= 15 is 0 Å². The van der Waals surface area contributed by atoms with Crippen molar-refractivity contribution in [3.63, 3.8) is 0 Å². The summed E-state index contributed by atoms with van der Waals surface area (Å²) in [6.07, 6.45) is 4.88. The molecule has 1 fully saturated rings. The van der Waals surface area contributed by atoms with E-state index in [0.717, 1.165) is 40.2 Å². The Labute approximate surface area is 157 Å². The third-order valence-corrected chi connectivity index (χ3v) is 6.53. The first-order chi connectivity index (χ1) is 12.7. The standard InChI is InChI=1S/C18H22F2N4O2S/c1-27(25,26)24-9-11-8-23(10-18(11)22-24)13-3-4-14(17(21)7-13)15-6-12(19)2-5-16(15)20/h2,5-6,9,13-14,17H,3-4,7-8,10,21H2,1H3/t13-,14+,17+/m1/s1. The van der Waals surface area contributed by atoms with E-state index in [4.69, 9.17) is 5.73 Å². The minimum absolute atomic E-state index is 0.198. The van der Waals surface area contributed by atoms with Gasteiger partial charge in [-0.1, -0.05) is 0 Å². The molecule has 1 aromatic heterocycles. The van der Waals surface area contributed by atoms with Gasteiger partial charge in [0, 0.05) is 42.9 Å². The number of fused-ring (bicyclic) bond motifs is 1. The molecule has 4 rings (SSSR count). The highest BCUT2D eigenvalue weighted by atomic mass is 32.2. The Bertz CT molecular complexity index is 952. The Kier molecular flexibility index (Phi) is 4.56. The predicted molar refractivity (Wildman–Crippen MR) is 96.4 cm³/mol. The Morgan fingerprint density at radius 3 is 2.67 bits per heavy atom. The first-order valence-corrected chi connectivity index (χ1v) is 10.8. The van der Waals surface area contributed by atoms with Crippen molar-refractivity contribution in [2.45, 2.75) is 50.4 Å². The minimum atomic E-state index is -3.38. The Morgan fingerprint density at radius 1 is 1.22 bits per heavy atom. The van der Waals surface area contributed by atoms with Crippen LogP contribution in [0.1, 0.15) is 42.0 Å². The number of nitrogens with zero attached hydrogens (tertiary/aromatic N) is 3. The average molecular weight is 396 g/mol. The van der Waals surface area contributed by atoms with E-state index in [1.807, 2.05) is 0 Å². The quantitative estimate of drug-likeness (QED) is 0.858. The summed E-state index contributed by atoms with van der Waals surface area (Å²) in [5, 5.41) is 4.17. The fourth-order valence-corrected chi connectivity index (χ4v) is 4.84. The van der Waals surface area contributed by atoms with Crippen LogP contribution in [0.4, 0.5) is 8.78 Å². The van der Waals surface area contributed by atoms with E-state index in [1.165, 1.54) is 6.07 Å². The monoisotopic (exact) mass is 396 g/mol. The largest absolute Gasteiger partial charge is 0.327 e. The molecule has 0 unspecified atom stereocenters. The van der Waals surface area contributed by atoms with Crippen molar-refractivity contribution in [3.05, 3.63) is 52.9 Å². The Morgan fingerprint density at radius 2 is 2.00 bits per heavy atom. The number of hydrogen-bond acceptors (Lipinski definition) is 5. The van der Waals surface area contributed by atoms with Gasteiger partial charge in [-0.15, -0.1) is 0 Å². The van der Waals surface area contributed by atoms with Crippen LogP contribution in [0.2, 0.25) is 0 Å². The van der Waals surface area contributed by atoms with Crippen LogP contribution in [0.5, 0.6) is 0 Å². The van der Waals surface area contributed by atoms with Crippen LogP contribution < -0.4 is 5.73 Å². The van der Waals surface area contributed by atoms with E-state index in [-0.39, 0.29) is 18.0 Å². The SMILES string of the molecule is CS(=O)(=O)n1cc2c(n1)CN([C@@H]1CC[C@@H](c3cc(F)ccc3F)[C@@H](N)C1)C2. The molecule has 1 aromatic carbocycles. The van der Waals surface area contributed by atoms with Crippen molar-refractivity contribution in [1.29, 1.82) is 0 Å². The second-order valence-electron chi connectivity index (χ2n) is 7.54. The summed E-state index contributed by atoms with van der Waals surface area (Å²) in [5.41, 5.74) is 8.37. The van der Waals surface area contributed by atoms with E-state index in [0.29, 0.717) is 31.5 Å². The summed E-state index contributed by atoms with van der Waals surface area (Å²) < 4.78 is 51.8. The number of benzene rings is 1. The molecule has 2 aliphatic rings. The van der Waals surface area contributed by atoms with Gasteiger partial charge in [0.15, 0.2) is 0 Å². The van der Waals surface area contributed by atoms with E-state index in [9.17, 15) is 17.2 Å². The maximum absolute atomic E-state index is 14.1. The van der Waals surface area contributed by atoms with E-state index in [2.05, 4.69) is 10.00 Å². The summed E-state index contributed by atoms with van der Waals surface area (Å²) in [5.74, 6) is -1.06. The molecule has 0 radical (unpaired) electrons. The molecule has 0 spiro atoms. The van der Waals surface area contributed by atoms with Crippen molar-refractivity contribution in [3.8, 4) is 0 Å². The van der Waals surface area contributed by atoms with Crippen molar-refractivity contribution in [1.82, 2.24) is 14.1 Å². The highest BCUT2D eigenvalue weighted by Crippen LogP contribution is 2.37. The van der Waals surface area contributed by atoms with Crippen LogP contribution in [0.25, 0.3) is 0 Å². The predicted octanol–water partition coefficient (Wildman–Crippen LogP) is 1.95. The molecule has 27 heavy (non-hydrogen) atoms. The number of rotatable bonds is 3. The van der Waals surface area contributed by atoms with Gasteiger partial charge < -0.3 is 5.73 Å². The molecular formula is C18H22F2N4O2S. The van der Waals surface area contributed by atoms with Gasteiger partial charge in [0.25, 0.3) is 10.0 Å². The third-order valence-electron chi connectivity index (χ3n) is 5.67. The van der Waals surface area contributed by atoms with Crippen molar-refractivity contribution >= 4 is 10.0 Å². The van der Waals surface area contributed by atoms with Gasteiger partial charge in [-0.2, -0.15) is 9.19 Å². The maximum atomic E-state index is 14.1. The lowest BCUT2D eigenvalue weighted by Crippen LogP contribution is -2.44. The van der Waals surface area contributed by atoms with Gasteiger partial charge in [0.2, 0.25) is 0 Å². The molecule has 3 atom stereocenters. The fraction of sp³-hybridized carbons (Fsp3) is 0.500. The van der Waals surface area contributed by atoms with Crippen LogP contribution in [-0.2, 0) is 23.1 Å². The molecule has 1 aliphatic carbocycles. The van der Waals surface area contributed by atoms with Gasteiger partial charge >= 0.3 is 0 Å². The first-order valence-electron chi connectivity index (χ1n) is 8.95. The second kappa shape index (κ2) is 6.65. The molecule has 1 saturated carbocycles. The first kappa shape index (κ1) is 18.5. The van der Waals surface area contributed by atoms with Crippen LogP contribution in [-0.4, -0.2) is 40.8 Å². The Balaban J connectivity index is 1.44. The maximum Gasteiger partial charge on any atom is 0.250 e. The number of aromatic nitrogens is 2. The highest BCUT2D eigenvalue weighted by molar-refractivity contribution is 7.89. The zero-order chi connectivity index (χ0) is 19.3. The normalized spacial score (nSPS) is 26.3. The summed E-state index contributed by atoms with van der Waals surface area (Å²) >= 11 is 0. The Hall–Kier alpha value is -1.84. The molecule has 146 valence electrons. The van der Waals surface area contributed by atoms with Crippen molar-refractivity contribution in [2.75, 3.05) is 6.26 Å². The number of halogens is 2. The summed E-state index contributed by atoms with van der Waals surface area (Å²) in [6, 6.07) is 3.48. The highest BCUT2D eigenvalue weighted by Gasteiger charge is 2.36. The molecule has 2 heterocycles. The van der Waals surface area contributed by atoms with Crippen LogP contribution in [0.3, 0.4) is 0 Å². The van der Waals surface area contributed by atoms with Crippen LogP contribution in [0, 0.1) is 11.6 Å². The second-order valence-corrected chi connectivity index (χ2v) is 9.38. The van der Waals surface area contributed by atoms with E-state index in [1.54, 1.807) is 6.20 Å². The third kappa shape index (κ3) is 3.51. The number of hydrogen-bond donors (Lipinski definition) is 1. The molecule has 9 heteroatoms. The molecule has 1 aliphatic heterocycles. The van der Waals surface area contributed by atoms with Crippen LogP contribution in [0.15, 0.2) is 24.4 Å². The van der Waals surface area contributed by atoms with Gasteiger partial charge in [-0.25, -0.2) is 17.2 Å². The van der Waals surface area contributed by atoms with Gasteiger partial charge in [-0.05, 0) is 43.0 Å². The molecule has 2 aromatic rings. The lowest BCUT2D eigenvalue weighted by atomic mass is 9.77. The molecule has 6 nitrogen and oxygen atoms in total. The minimum Gasteiger partial charge on any atom is -0.327 e. The molecule has 0 saturated heterocycles. The van der Waals surface area contributed by atoms with Gasteiger partial charge in [0.05, 0.1) is 11.9 Å². The zero-order valence-electron chi connectivity index (χ0n) is 15.0. The molecule has 2 N–H and O–H groups in total. The van der Waals surface area contributed by atoms with Gasteiger partial charge in [0.1, 0.15) is 11.6 Å². The smallest absolute Gasteiger partial charge is 0.250 e. The zero-order valence-corrected chi connectivity index (χ0v) is 15.8. The lowest BCUT2D eigenvalue weighted by molar-refractivity contribution is 0.136. The van der Waals surface area contributed by atoms with E-state index < -0.39 is 21.7 Å². The topological polar surface area (TPSA) is 81.2 Å². The average Bonchev–Trinajstić information content (AvgIpc) is 3.16. The van der Waals surface area contributed by atoms with Crippen molar-refractivity contribution in [2.24, 2.45) is 5.73 Å². The summed E-state index contributed by atoms with van der Waals surface area (Å²) in [7, 11) is -3.38. The van der Waals surface area contributed by atoms with Crippen molar-refractivity contribution < 1.29 is 17.2 Å². The summed E-state index contributed by atoms with van der Waals surface area (Å²) in [6.45, 7) is 1.20.